The molecule has 0 nitrogen and oxygen atoms in total. The van der Waals surface area contributed by atoms with Gasteiger partial charge in [0.1, 0.15) is 0 Å². The van der Waals surface area contributed by atoms with Gasteiger partial charge in [-0.1, -0.05) is 10.8 Å². The number of halogens is 1. The summed E-state index contributed by atoms with van der Waals surface area (Å²) in [7, 11) is 3.47. The summed E-state index contributed by atoms with van der Waals surface area (Å²) in [5.74, 6) is 0. The lowest BCUT2D eigenvalue weighted by Gasteiger charge is -1.92. The van der Waals surface area contributed by atoms with Gasteiger partial charge in [-0.3, -0.25) is 0 Å². The van der Waals surface area contributed by atoms with Gasteiger partial charge in [0.25, 0.3) is 0 Å². The average molecular weight is 252 g/mol. The van der Waals surface area contributed by atoms with Gasteiger partial charge in [-0.15, -0.1) is 0 Å². The van der Waals surface area contributed by atoms with Gasteiger partial charge in [-0.05, 0) is 14.9 Å². The van der Waals surface area contributed by atoms with E-state index in [1.54, 1.807) is 18.8 Å². The van der Waals surface area contributed by atoms with Crippen molar-refractivity contribution in [3.05, 3.63) is 0 Å². The summed E-state index contributed by atoms with van der Waals surface area (Å²) in [6, 6.07) is 0. The van der Waals surface area contributed by atoms with Crippen molar-refractivity contribution in [2.24, 2.45) is 0 Å². The molecule has 38 valence electrons. The van der Waals surface area contributed by atoms with Gasteiger partial charge in [0.2, 0.25) is 0 Å². The molecule has 0 saturated carbocycles. The van der Waals surface area contributed by atoms with Crippen LogP contribution in [0.4, 0.5) is 0 Å². The van der Waals surface area contributed by atoms with Gasteiger partial charge in [0.15, 0.2) is 0 Å². The third-order valence-corrected chi connectivity index (χ3v) is 4.22. The molecular weight excluding hydrogens is 247 g/mol. The molecule has 0 spiro atoms. The maximum absolute atomic E-state index is 4.12. The number of rotatable bonds is 2. The molecule has 0 amide bonds. The quantitative estimate of drug-likeness (QED) is 0.347. The second kappa shape index (κ2) is 4.93. The van der Waals surface area contributed by atoms with Crippen LogP contribution in [0.1, 0.15) is 6.92 Å². The molecule has 1 unspecified atom stereocenters. The fourth-order valence-corrected chi connectivity index (χ4v) is 5.14. The first-order chi connectivity index (χ1) is 2.77. The molecule has 0 aliphatic rings. The molecule has 0 N–H and O–H groups in total. The smallest absolute Gasteiger partial charge is 0.0555 e. The minimum atomic E-state index is 0.465. The summed E-state index contributed by atoms with van der Waals surface area (Å²) in [4.78, 5) is 0. The molecule has 0 bridgehead atoms. The van der Waals surface area contributed by atoms with Crippen LogP contribution in [0.25, 0.3) is 0 Å². The fourth-order valence-electron chi connectivity index (χ4n) is 0.0526. The molecule has 6 heavy (non-hydrogen) atoms. The summed E-state index contributed by atoms with van der Waals surface area (Å²) < 4.78 is 0.465. The lowest BCUT2D eigenvalue weighted by molar-refractivity contribution is 1.45. The Hall–Kier alpha value is 1.78. The van der Waals surface area contributed by atoms with E-state index in [0.29, 0.717) is 4.58 Å². The van der Waals surface area contributed by atoms with Gasteiger partial charge in [-0.25, -0.2) is 0 Å². The highest BCUT2D eigenvalue weighted by molar-refractivity contribution is 14.2. The summed E-state index contributed by atoms with van der Waals surface area (Å²) >= 11 is 6.35. The Bertz CT molecular complexity index is 30.0. The van der Waals surface area contributed by atoms with Crippen molar-refractivity contribution in [2.45, 2.75) is 11.5 Å². The van der Waals surface area contributed by atoms with Gasteiger partial charge >= 0.3 is 0 Å². The second-order valence-electron chi connectivity index (χ2n) is 0.759. The summed E-state index contributed by atoms with van der Waals surface area (Å²) in [5.41, 5.74) is 0. The van der Waals surface area contributed by atoms with E-state index < -0.39 is 0 Å². The van der Waals surface area contributed by atoms with Crippen LogP contribution in [0.2, 0.25) is 0 Å². The topological polar surface area (TPSA) is 0 Å². The van der Waals surface area contributed by atoms with E-state index in [2.05, 4.69) is 40.8 Å². The molecule has 0 aromatic heterocycles. The second-order valence-corrected chi connectivity index (χ2v) is 7.10. The van der Waals surface area contributed by atoms with Crippen LogP contribution in [-0.4, -0.2) is 4.58 Å². The predicted molar refractivity (Wildman–Crippen MR) is 47.7 cm³/mol. The van der Waals surface area contributed by atoms with Crippen molar-refractivity contribution >= 4 is 52.6 Å². The Kier molecular flexibility index (Phi) is 6.39. The maximum atomic E-state index is 4.12. The fraction of sp³-hybridized carbons (Fsp3) is 1.00. The Morgan fingerprint density at radius 1 is 1.83 bits per heavy atom. The first kappa shape index (κ1) is 7.78. The molecular formula is C2H5IS3. The van der Waals surface area contributed by atoms with Crippen LogP contribution in [-0.2, 0) is 0 Å². The molecule has 0 aromatic rings. The van der Waals surface area contributed by atoms with Crippen LogP contribution < -0.4 is 0 Å². The summed E-state index contributed by atoms with van der Waals surface area (Å²) in [5, 5.41) is 0. The number of thiol groups is 1. The predicted octanol–water partition coefficient (Wildman–Crippen LogP) is 2.99. The summed E-state index contributed by atoms with van der Waals surface area (Å²) in [6.45, 7) is 2.05. The monoisotopic (exact) mass is 252 g/mol. The Morgan fingerprint density at radius 3 is 2.33 bits per heavy atom. The van der Waals surface area contributed by atoms with Gasteiger partial charge in [-0.2, -0.15) is 12.6 Å². The van der Waals surface area contributed by atoms with E-state index in [1.807, 2.05) is 0 Å². The average Bonchev–Trinajstić information content (AvgIpc) is 1.35. The Balaban J connectivity index is 2.63. The van der Waals surface area contributed by atoms with E-state index in [-0.39, 0.29) is 0 Å². The van der Waals surface area contributed by atoms with Crippen LogP contribution >= 0.6 is 52.6 Å². The lowest BCUT2D eigenvalue weighted by atomic mass is 11.0. The van der Waals surface area contributed by atoms with E-state index in [0.717, 1.165) is 0 Å². The Morgan fingerprint density at radius 2 is 2.33 bits per heavy atom. The van der Waals surface area contributed by atoms with Crippen LogP contribution in [0.3, 0.4) is 0 Å². The third kappa shape index (κ3) is 5.78. The van der Waals surface area contributed by atoms with E-state index in [9.17, 15) is 0 Å². The van der Waals surface area contributed by atoms with Crippen molar-refractivity contribution in [3.63, 3.8) is 0 Å². The molecule has 0 rings (SSSR count). The first-order valence-electron chi connectivity index (χ1n) is 1.39. The van der Waals surface area contributed by atoms with Crippen LogP contribution in [0.15, 0.2) is 0 Å². The standard InChI is InChI=1S/C2H5IS3/c1-2(4)5-6-3/h2,4H,1H3. The van der Waals surface area contributed by atoms with Crippen molar-refractivity contribution in [2.75, 3.05) is 0 Å². The van der Waals surface area contributed by atoms with Crippen molar-refractivity contribution < 1.29 is 0 Å². The van der Waals surface area contributed by atoms with E-state index in [4.69, 9.17) is 0 Å². The molecule has 0 aliphatic heterocycles. The lowest BCUT2D eigenvalue weighted by Crippen LogP contribution is -1.71. The third-order valence-electron chi connectivity index (χ3n) is 0.176. The summed E-state index contributed by atoms with van der Waals surface area (Å²) in [6.07, 6.45) is 0. The van der Waals surface area contributed by atoms with Crippen molar-refractivity contribution in [1.29, 1.82) is 0 Å². The SMILES string of the molecule is CC(S)SSI. The molecule has 0 aliphatic carbocycles. The maximum Gasteiger partial charge on any atom is 0.0555 e. The minimum Gasteiger partial charge on any atom is -0.164 e. The Labute approximate surface area is 63.6 Å². The first-order valence-corrected chi connectivity index (χ1v) is 6.66. The molecule has 0 radical (unpaired) electrons. The highest BCUT2D eigenvalue weighted by Gasteiger charge is 1.88. The van der Waals surface area contributed by atoms with Gasteiger partial charge in [0, 0.05) is 21.2 Å². The zero-order valence-electron chi connectivity index (χ0n) is 3.22. The van der Waals surface area contributed by atoms with Crippen LogP contribution in [0, 0.1) is 0 Å². The number of hydrogen-bond donors (Lipinski definition) is 1. The largest absolute Gasteiger partial charge is 0.164 e. The van der Waals surface area contributed by atoms with Gasteiger partial charge < -0.3 is 0 Å². The normalized spacial score (nSPS) is 14.5. The van der Waals surface area contributed by atoms with E-state index >= 15 is 0 Å². The molecule has 0 fully saturated rings. The molecule has 0 saturated heterocycles. The molecule has 1 atom stereocenters. The molecule has 0 aromatic carbocycles. The highest BCUT2D eigenvalue weighted by atomic mass is 127. The van der Waals surface area contributed by atoms with E-state index in [1.165, 1.54) is 0 Å². The van der Waals surface area contributed by atoms with Crippen molar-refractivity contribution in [1.82, 2.24) is 0 Å². The van der Waals surface area contributed by atoms with Crippen molar-refractivity contribution in [3.8, 4) is 0 Å². The zero-order valence-corrected chi connectivity index (χ0v) is 7.90. The van der Waals surface area contributed by atoms with Crippen LogP contribution in [0.5, 0.6) is 0 Å². The number of hydrogen-bond acceptors (Lipinski definition) is 3. The molecule has 0 heterocycles. The molecule has 4 heteroatoms. The minimum absolute atomic E-state index is 0.465. The zero-order chi connectivity index (χ0) is 4.99. The van der Waals surface area contributed by atoms with Gasteiger partial charge in [0.05, 0.1) is 4.58 Å². The highest BCUT2D eigenvalue weighted by Crippen LogP contribution is 2.33.